The highest BCUT2D eigenvalue weighted by Crippen LogP contribution is 2.44. The maximum Gasteiger partial charge on any atom is 0.402 e. The van der Waals surface area contributed by atoms with E-state index in [1.165, 1.54) is 18.0 Å². The third-order valence-corrected chi connectivity index (χ3v) is 3.28. The summed E-state index contributed by atoms with van der Waals surface area (Å²) < 4.78 is 46.3. The summed E-state index contributed by atoms with van der Waals surface area (Å²) in [6.45, 7) is 0.821. The Labute approximate surface area is 102 Å². The number of alkyl halides is 3. The van der Waals surface area contributed by atoms with E-state index in [1.807, 2.05) is 0 Å². The van der Waals surface area contributed by atoms with Crippen LogP contribution in [0.1, 0.15) is 12.2 Å². The molecule has 5 nitrogen and oxygen atoms in total. The first kappa shape index (κ1) is 13.3. The van der Waals surface area contributed by atoms with Crippen LogP contribution in [-0.2, 0) is 16.7 Å². The molecule has 102 valence electrons. The summed E-state index contributed by atoms with van der Waals surface area (Å²) in [5.41, 5.74) is -1.93. The van der Waals surface area contributed by atoms with Crippen LogP contribution in [0.15, 0.2) is 6.33 Å². The minimum absolute atomic E-state index is 0.0117. The molecular formula is C10H15F3N4O. The Morgan fingerprint density at radius 2 is 2.33 bits per heavy atom. The summed E-state index contributed by atoms with van der Waals surface area (Å²) in [5.74, 6) is -0.0305. The zero-order valence-corrected chi connectivity index (χ0v) is 10.00. The molecule has 18 heavy (non-hydrogen) atoms. The normalized spacial score (nSPS) is 24.7. The molecule has 0 saturated carbocycles. The zero-order valence-electron chi connectivity index (χ0n) is 10.00. The van der Waals surface area contributed by atoms with Gasteiger partial charge in [-0.1, -0.05) is 0 Å². The largest absolute Gasteiger partial charge is 0.402 e. The average Bonchev–Trinajstić information content (AvgIpc) is 2.94. The first-order chi connectivity index (χ1) is 8.51. The first-order valence-electron chi connectivity index (χ1n) is 5.66. The van der Waals surface area contributed by atoms with E-state index in [9.17, 15) is 13.2 Å². The molecular weight excluding hydrogens is 249 g/mol. The summed E-state index contributed by atoms with van der Waals surface area (Å²) in [6, 6.07) is 0. The fourth-order valence-corrected chi connectivity index (χ4v) is 2.23. The van der Waals surface area contributed by atoms with Gasteiger partial charge in [0.15, 0.2) is 0 Å². The van der Waals surface area contributed by atoms with Crippen molar-refractivity contribution in [3.05, 3.63) is 12.2 Å². The van der Waals surface area contributed by atoms with Crippen LogP contribution in [0.25, 0.3) is 0 Å². The maximum absolute atomic E-state index is 13.3. The molecule has 0 radical (unpaired) electrons. The number of halogens is 3. The highest BCUT2D eigenvalue weighted by Gasteiger charge is 2.60. The molecule has 8 heteroatoms. The number of nitrogens with zero attached hydrogens (tertiary/aromatic N) is 3. The number of methoxy groups -OCH3 is 1. The van der Waals surface area contributed by atoms with E-state index in [-0.39, 0.29) is 18.8 Å². The second kappa shape index (κ2) is 4.85. The molecule has 2 heterocycles. The summed E-state index contributed by atoms with van der Waals surface area (Å²) in [5, 5.41) is 10.1. The van der Waals surface area contributed by atoms with E-state index in [0.717, 1.165) is 0 Å². The molecule has 1 unspecified atom stereocenters. The van der Waals surface area contributed by atoms with E-state index >= 15 is 0 Å². The van der Waals surface area contributed by atoms with Crippen LogP contribution in [0.4, 0.5) is 13.2 Å². The summed E-state index contributed by atoms with van der Waals surface area (Å²) in [7, 11) is 1.50. The van der Waals surface area contributed by atoms with Crippen molar-refractivity contribution in [2.45, 2.75) is 24.6 Å². The fourth-order valence-electron chi connectivity index (χ4n) is 2.23. The summed E-state index contributed by atoms with van der Waals surface area (Å²) in [4.78, 5) is 0. The van der Waals surface area contributed by atoms with Gasteiger partial charge in [0, 0.05) is 20.2 Å². The van der Waals surface area contributed by atoms with Gasteiger partial charge in [-0.3, -0.25) is 0 Å². The van der Waals surface area contributed by atoms with Gasteiger partial charge in [0.05, 0.1) is 6.61 Å². The molecule has 1 aliphatic heterocycles. The van der Waals surface area contributed by atoms with E-state index < -0.39 is 11.6 Å². The molecule has 0 spiro atoms. The number of aromatic nitrogens is 3. The number of hydrogen-bond donors (Lipinski definition) is 1. The van der Waals surface area contributed by atoms with Gasteiger partial charge < -0.3 is 14.6 Å². The van der Waals surface area contributed by atoms with Crippen molar-refractivity contribution in [3.63, 3.8) is 0 Å². The van der Waals surface area contributed by atoms with Crippen LogP contribution >= 0.6 is 0 Å². The lowest BCUT2D eigenvalue weighted by atomic mass is 9.85. The Balaban J connectivity index is 2.35. The van der Waals surface area contributed by atoms with Crippen molar-refractivity contribution in [3.8, 4) is 0 Å². The van der Waals surface area contributed by atoms with Gasteiger partial charge in [-0.25, -0.2) is 0 Å². The molecule has 1 aromatic rings. The molecule has 1 aliphatic rings. The fraction of sp³-hybridized carbons (Fsp3) is 0.800. The van der Waals surface area contributed by atoms with Crippen molar-refractivity contribution >= 4 is 0 Å². The molecule has 1 atom stereocenters. The molecule has 1 N–H and O–H groups in total. The first-order valence-corrected chi connectivity index (χ1v) is 5.66. The van der Waals surface area contributed by atoms with Crippen molar-refractivity contribution in [1.82, 2.24) is 20.1 Å². The highest BCUT2D eigenvalue weighted by atomic mass is 19.4. The van der Waals surface area contributed by atoms with Gasteiger partial charge in [0.1, 0.15) is 17.6 Å². The van der Waals surface area contributed by atoms with Gasteiger partial charge in [0.25, 0.3) is 0 Å². The van der Waals surface area contributed by atoms with Crippen LogP contribution in [0.2, 0.25) is 0 Å². The molecule has 0 bridgehead atoms. The number of ether oxygens (including phenoxy) is 1. The van der Waals surface area contributed by atoms with Crippen LogP contribution in [0.3, 0.4) is 0 Å². The zero-order chi connectivity index (χ0) is 13.2. The van der Waals surface area contributed by atoms with Gasteiger partial charge in [-0.15, -0.1) is 10.2 Å². The third kappa shape index (κ3) is 2.10. The average molecular weight is 264 g/mol. The molecule has 0 aromatic carbocycles. The summed E-state index contributed by atoms with van der Waals surface area (Å²) >= 11 is 0. The number of hydrogen-bond acceptors (Lipinski definition) is 4. The van der Waals surface area contributed by atoms with E-state index in [2.05, 4.69) is 15.5 Å². The van der Waals surface area contributed by atoms with E-state index in [4.69, 9.17) is 4.74 Å². The van der Waals surface area contributed by atoms with Crippen molar-refractivity contribution in [2.24, 2.45) is 0 Å². The van der Waals surface area contributed by atoms with Crippen LogP contribution < -0.4 is 5.32 Å². The quantitative estimate of drug-likeness (QED) is 0.870. The minimum atomic E-state index is -4.34. The Morgan fingerprint density at radius 1 is 1.56 bits per heavy atom. The van der Waals surface area contributed by atoms with Gasteiger partial charge in [0.2, 0.25) is 0 Å². The number of rotatable bonds is 4. The maximum atomic E-state index is 13.3. The van der Waals surface area contributed by atoms with Crippen LogP contribution in [-0.4, -0.2) is 47.7 Å². The molecule has 1 aromatic heterocycles. The minimum Gasteiger partial charge on any atom is -0.383 e. The van der Waals surface area contributed by atoms with Crippen molar-refractivity contribution in [1.29, 1.82) is 0 Å². The van der Waals surface area contributed by atoms with Crippen molar-refractivity contribution in [2.75, 3.05) is 26.8 Å². The van der Waals surface area contributed by atoms with E-state index in [0.29, 0.717) is 19.7 Å². The molecule has 0 amide bonds. The Morgan fingerprint density at radius 3 is 2.89 bits per heavy atom. The molecule has 2 rings (SSSR count). The lowest BCUT2D eigenvalue weighted by molar-refractivity contribution is -0.188. The monoisotopic (exact) mass is 264 g/mol. The third-order valence-electron chi connectivity index (χ3n) is 3.28. The lowest BCUT2D eigenvalue weighted by Gasteiger charge is -2.30. The van der Waals surface area contributed by atoms with Crippen LogP contribution in [0, 0.1) is 0 Å². The smallest absolute Gasteiger partial charge is 0.383 e. The van der Waals surface area contributed by atoms with Gasteiger partial charge >= 0.3 is 6.18 Å². The molecule has 0 aliphatic carbocycles. The second-order valence-electron chi connectivity index (χ2n) is 4.35. The molecule has 1 saturated heterocycles. The topological polar surface area (TPSA) is 52.0 Å². The summed E-state index contributed by atoms with van der Waals surface area (Å²) in [6.07, 6.45) is -3.03. The Hall–Kier alpha value is -1.15. The predicted molar refractivity (Wildman–Crippen MR) is 57.1 cm³/mol. The SMILES string of the molecule is COCCn1cnnc1C1(C(F)(F)F)CCNC1. The highest BCUT2D eigenvalue weighted by molar-refractivity contribution is 5.16. The lowest BCUT2D eigenvalue weighted by Crippen LogP contribution is -2.46. The van der Waals surface area contributed by atoms with Gasteiger partial charge in [-0.2, -0.15) is 13.2 Å². The Kier molecular flexibility index (Phi) is 3.58. The Bertz CT molecular complexity index is 398. The van der Waals surface area contributed by atoms with Gasteiger partial charge in [-0.05, 0) is 13.0 Å². The predicted octanol–water partition coefficient (Wildman–Crippen LogP) is 0.718. The number of nitrogens with one attached hydrogen (secondary N) is 1. The second-order valence-corrected chi connectivity index (χ2v) is 4.35. The van der Waals surface area contributed by atoms with Crippen molar-refractivity contribution < 1.29 is 17.9 Å². The van der Waals surface area contributed by atoms with E-state index in [1.54, 1.807) is 0 Å². The standard InChI is InChI=1S/C10H15F3N4O/c1-18-5-4-17-7-15-16-8(17)9(10(11,12)13)2-3-14-6-9/h7,14H,2-6H2,1H3. The van der Waals surface area contributed by atoms with Crippen LogP contribution in [0.5, 0.6) is 0 Å². The molecule has 1 fully saturated rings.